The fraction of sp³-hybridized carbons (Fsp3) is 0.188. The number of amides is 1. The average Bonchev–Trinajstić information content (AvgIpc) is 2.43. The van der Waals surface area contributed by atoms with Crippen LogP contribution in [0.5, 0.6) is 0 Å². The van der Waals surface area contributed by atoms with E-state index >= 15 is 0 Å². The van der Waals surface area contributed by atoms with Gasteiger partial charge in [-0.05, 0) is 35.4 Å². The molecule has 0 unspecified atom stereocenters. The van der Waals surface area contributed by atoms with Crippen LogP contribution >= 0.6 is 15.9 Å². The van der Waals surface area contributed by atoms with Crippen molar-refractivity contribution in [2.75, 3.05) is 0 Å². The van der Waals surface area contributed by atoms with E-state index in [-0.39, 0.29) is 18.5 Å². The van der Waals surface area contributed by atoms with Gasteiger partial charge in [0, 0.05) is 11.0 Å². The highest BCUT2D eigenvalue weighted by molar-refractivity contribution is 9.10. The second kappa shape index (κ2) is 7.12. The Hall–Kier alpha value is -1.89. The maximum Gasteiger partial charge on any atom is 0.416 e. The molecule has 2 aromatic carbocycles. The van der Waals surface area contributed by atoms with E-state index < -0.39 is 23.5 Å². The summed E-state index contributed by atoms with van der Waals surface area (Å²) in [6, 6.07) is 8.81. The number of nitrogens with one attached hydrogen (secondary N) is 1. The summed E-state index contributed by atoms with van der Waals surface area (Å²) in [4.78, 5) is 11.8. The molecule has 23 heavy (non-hydrogen) atoms. The molecule has 0 spiro atoms. The molecular weight excluding hydrogens is 378 g/mol. The van der Waals surface area contributed by atoms with Crippen molar-refractivity contribution < 1.29 is 22.4 Å². The average molecular weight is 390 g/mol. The van der Waals surface area contributed by atoms with Crippen molar-refractivity contribution in [3.8, 4) is 0 Å². The minimum Gasteiger partial charge on any atom is -0.352 e. The molecule has 0 atom stereocenters. The Morgan fingerprint density at radius 2 is 1.83 bits per heavy atom. The van der Waals surface area contributed by atoms with Gasteiger partial charge in [0.2, 0.25) is 5.91 Å². The summed E-state index contributed by atoms with van der Waals surface area (Å²) in [5, 5.41) is 2.55. The van der Waals surface area contributed by atoms with Crippen LogP contribution in [0.2, 0.25) is 0 Å². The zero-order chi connectivity index (χ0) is 17.0. The van der Waals surface area contributed by atoms with E-state index in [1.807, 2.05) is 0 Å². The molecule has 0 radical (unpaired) electrons. The second-order valence-electron chi connectivity index (χ2n) is 4.93. The topological polar surface area (TPSA) is 29.1 Å². The Morgan fingerprint density at radius 1 is 1.09 bits per heavy atom. The van der Waals surface area contributed by atoms with Gasteiger partial charge in [-0.15, -0.1) is 0 Å². The number of benzene rings is 2. The summed E-state index contributed by atoms with van der Waals surface area (Å²) in [6.45, 7) is 0.0914. The van der Waals surface area contributed by atoms with Crippen molar-refractivity contribution >= 4 is 21.8 Å². The van der Waals surface area contributed by atoms with E-state index in [4.69, 9.17) is 0 Å². The molecule has 0 bridgehead atoms. The first-order valence-electron chi connectivity index (χ1n) is 6.62. The first-order valence-corrected chi connectivity index (χ1v) is 7.41. The first kappa shape index (κ1) is 17.5. The van der Waals surface area contributed by atoms with Crippen molar-refractivity contribution in [2.24, 2.45) is 0 Å². The third-order valence-corrected chi connectivity index (χ3v) is 3.49. The van der Waals surface area contributed by atoms with Crippen LogP contribution in [-0.2, 0) is 23.9 Å². The number of hydrogen-bond donors (Lipinski definition) is 1. The highest BCUT2D eigenvalue weighted by atomic mass is 79.9. The summed E-state index contributed by atoms with van der Waals surface area (Å²) in [5.74, 6) is -0.883. The van der Waals surface area contributed by atoms with Crippen molar-refractivity contribution in [1.82, 2.24) is 5.32 Å². The van der Waals surface area contributed by atoms with Gasteiger partial charge in [0.05, 0.1) is 12.0 Å². The SMILES string of the molecule is O=C(Cc1cccc(C(F)(F)F)c1)NCc1cc(F)cc(Br)c1. The number of halogens is 5. The number of carbonyl (C=O) groups is 1. The Labute approximate surface area is 138 Å². The van der Waals surface area contributed by atoms with Crippen LogP contribution in [0.1, 0.15) is 16.7 Å². The molecule has 7 heteroatoms. The summed E-state index contributed by atoms with van der Waals surface area (Å²) in [6.07, 6.45) is -4.62. The molecule has 0 aliphatic heterocycles. The molecule has 0 aromatic heterocycles. The van der Waals surface area contributed by atoms with E-state index in [9.17, 15) is 22.4 Å². The molecular formula is C16H12BrF4NO. The van der Waals surface area contributed by atoms with Gasteiger partial charge in [0.1, 0.15) is 5.82 Å². The zero-order valence-corrected chi connectivity index (χ0v) is 13.3. The molecule has 0 heterocycles. The quantitative estimate of drug-likeness (QED) is 0.768. The minimum atomic E-state index is -4.44. The van der Waals surface area contributed by atoms with Gasteiger partial charge in [-0.25, -0.2) is 4.39 Å². The van der Waals surface area contributed by atoms with Crippen molar-refractivity contribution in [1.29, 1.82) is 0 Å². The van der Waals surface area contributed by atoms with Crippen LogP contribution < -0.4 is 5.32 Å². The molecule has 1 N–H and O–H groups in total. The first-order chi connectivity index (χ1) is 10.7. The predicted molar refractivity (Wildman–Crippen MR) is 81.1 cm³/mol. The largest absolute Gasteiger partial charge is 0.416 e. The number of rotatable bonds is 4. The fourth-order valence-electron chi connectivity index (χ4n) is 2.02. The molecule has 0 saturated heterocycles. The van der Waals surface area contributed by atoms with Crippen LogP contribution in [0, 0.1) is 5.82 Å². The van der Waals surface area contributed by atoms with Crippen molar-refractivity contribution in [3.63, 3.8) is 0 Å². The maximum absolute atomic E-state index is 13.2. The third kappa shape index (κ3) is 5.35. The van der Waals surface area contributed by atoms with Gasteiger partial charge >= 0.3 is 6.18 Å². The molecule has 0 aliphatic carbocycles. The Bertz CT molecular complexity index is 695. The lowest BCUT2D eigenvalue weighted by Gasteiger charge is -2.09. The van der Waals surface area contributed by atoms with E-state index in [1.54, 1.807) is 6.07 Å². The molecule has 0 fully saturated rings. The van der Waals surface area contributed by atoms with E-state index in [0.717, 1.165) is 12.1 Å². The van der Waals surface area contributed by atoms with Gasteiger partial charge < -0.3 is 5.32 Å². The lowest BCUT2D eigenvalue weighted by atomic mass is 10.1. The molecule has 0 saturated carbocycles. The lowest BCUT2D eigenvalue weighted by Crippen LogP contribution is -2.24. The van der Waals surface area contributed by atoms with Crippen LogP contribution in [0.3, 0.4) is 0 Å². The third-order valence-electron chi connectivity index (χ3n) is 3.03. The standard InChI is InChI=1S/C16H12BrF4NO/c17-13-5-11(6-14(18)8-13)9-22-15(23)7-10-2-1-3-12(4-10)16(19,20)21/h1-6,8H,7,9H2,(H,22,23). The highest BCUT2D eigenvalue weighted by Gasteiger charge is 2.30. The minimum absolute atomic E-state index is 0.0914. The molecule has 2 rings (SSSR count). The molecule has 2 nitrogen and oxygen atoms in total. The monoisotopic (exact) mass is 389 g/mol. The summed E-state index contributed by atoms with van der Waals surface area (Å²) in [7, 11) is 0. The van der Waals surface area contributed by atoms with Gasteiger partial charge in [-0.2, -0.15) is 13.2 Å². The van der Waals surface area contributed by atoms with Crippen LogP contribution in [-0.4, -0.2) is 5.91 Å². The molecule has 2 aromatic rings. The highest BCUT2D eigenvalue weighted by Crippen LogP contribution is 2.29. The summed E-state index contributed by atoms with van der Waals surface area (Å²) >= 11 is 3.14. The summed E-state index contributed by atoms with van der Waals surface area (Å²) < 4.78 is 51.6. The maximum atomic E-state index is 13.2. The Balaban J connectivity index is 1.97. The van der Waals surface area contributed by atoms with Crippen molar-refractivity contribution in [2.45, 2.75) is 19.1 Å². The smallest absolute Gasteiger partial charge is 0.352 e. The molecule has 122 valence electrons. The van der Waals surface area contributed by atoms with Crippen molar-refractivity contribution in [3.05, 3.63) is 69.4 Å². The van der Waals surface area contributed by atoms with Crippen LogP contribution in [0.4, 0.5) is 17.6 Å². The zero-order valence-electron chi connectivity index (χ0n) is 11.8. The second-order valence-corrected chi connectivity index (χ2v) is 5.85. The number of alkyl halides is 3. The van der Waals surface area contributed by atoms with Crippen LogP contribution in [0.15, 0.2) is 46.9 Å². The van der Waals surface area contributed by atoms with Gasteiger partial charge in [0.15, 0.2) is 0 Å². The molecule has 0 aliphatic rings. The van der Waals surface area contributed by atoms with Gasteiger partial charge in [-0.3, -0.25) is 4.79 Å². The van der Waals surface area contributed by atoms with E-state index in [2.05, 4.69) is 21.2 Å². The van der Waals surface area contributed by atoms with Crippen LogP contribution in [0.25, 0.3) is 0 Å². The van der Waals surface area contributed by atoms with E-state index in [0.29, 0.717) is 10.0 Å². The van der Waals surface area contributed by atoms with Gasteiger partial charge in [-0.1, -0.05) is 34.1 Å². The van der Waals surface area contributed by atoms with Gasteiger partial charge in [0.25, 0.3) is 0 Å². The molecule has 1 amide bonds. The lowest BCUT2D eigenvalue weighted by molar-refractivity contribution is -0.137. The fourth-order valence-corrected chi connectivity index (χ4v) is 2.53. The number of hydrogen-bond acceptors (Lipinski definition) is 1. The summed E-state index contributed by atoms with van der Waals surface area (Å²) in [5.41, 5.74) is 0.0175. The predicted octanol–water partition coefficient (Wildman–Crippen LogP) is 4.47. The number of carbonyl (C=O) groups excluding carboxylic acids is 1. The Kier molecular flexibility index (Phi) is 5.41. The van der Waals surface area contributed by atoms with E-state index in [1.165, 1.54) is 24.3 Å². The normalized spacial score (nSPS) is 11.3. The Morgan fingerprint density at radius 3 is 2.48 bits per heavy atom.